The van der Waals surface area contributed by atoms with Crippen molar-refractivity contribution in [2.75, 3.05) is 11.1 Å². The number of carbonyl (C=O) groups excluding carboxylic acids is 1. The molecule has 4 N–H and O–H groups in total. The number of ether oxygens (including phenoxy) is 1. The maximum Gasteiger partial charge on any atom is 0.255 e. The molecule has 0 spiro atoms. The van der Waals surface area contributed by atoms with Gasteiger partial charge >= 0.3 is 0 Å². The minimum absolute atomic E-state index is 0.169. The Balaban J connectivity index is 1.31. The van der Waals surface area contributed by atoms with Crippen LogP contribution >= 0.6 is 11.3 Å². The monoisotopic (exact) mass is 431 g/mol. The van der Waals surface area contributed by atoms with Gasteiger partial charge in [-0.1, -0.05) is 24.3 Å². The summed E-state index contributed by atoms with van der Waals surface area (Å²) < 4.78 is 5.80. The van der Waals surface area contributed by atoms with Crippen molar-refractivity contribution in [3.8, 4) is 10.8 Å². The molecular formula is C23H21N5O2S. The first kappa shape index (κ1) is 20.4. The van der Waals surface area contributed by atoms with E-state index in [1.807, 2.05) is 60.7 Å². The van der Waals surface area contributed by atoms with Crippen molar-refractivity contribution in [1.82, 2.24) is 15.3 Å². The number of carbonyl (C=O) groups is 1. The number of nitrogens with two attached hydrogens (primary N) is 1. The van der Waals surface area contributed by atoms with Gasteiger partial charge in [-0.3, -0.25) is 9.78 Å². The lowest BCUT2D eigenvalue weighted by Gasteiger charge is -2.09. The van der Waals surface area contributed by atoms with Gasteiger partial charge in [0.15, 0.2) is 5.06 Å². The summed E-state index contributed by atoms with van der Waals surface area (Å²) in [5.41, 5.74) is 7.22. The van der Waals surface area contributed by atoms with E-state index in [0.717, 1.165) is 21.4 Å². The number of anilines is 2. The first-order chi connectivity index (χ1) is 15.2. The van der Waals surface area contributed by atoms with Crippen LogP contribution in [-0.2, 0) is 13.1 Å². The lowest BCUT2D eigenvalue weighted by Crippen LogP contribution is -2.24. The Morgan fingerprint density at radius 2 is 1.81 bits per heavy atom. The molecule has 0 bridgehead atoms. The minimum atomic E-state index is -0.278. The number of nitrogens with zero attached hydrogens (tertiary/aromatic N) is 2. The average Bonchev–Trinajstić information content (AvgIpc) is 3.25. The van der Waals surface area contributed by atoms with Gasteiger partial charge in [0.05, 0.1) is 24.3 Å². The van der Waals surface area contributed by atoms with Crippen LogP contribution in [0.5, 0.6) is 10.8 Å². The molecule has 0 aliphatic heterocycles. The second kappa shape index (κ2) is 9.73. The van der Waals surface area contributed by atoms with Crippen molar-refractivity contribution < 1.29 is 9.53 Å². The smallest absolute Gasteiger partial charge is 0.255 e. The molecule has 0 radical (unpaired) electrons. The molecule has 0 fully saturated rings. The molecule has 0 unspecified atom stereocenters. The summed E-state index contributed by atoms with van der Waals surface area (Å²) >= 11 is 1.48. The van der Waals surface area contributed by atoms with Crippen molar-refractivity contribution >= 4 is 28.9 Å². The van der Waals surface area contributed by atoms with Crippen molar-refractivity contribution in [2.45, 2.75) is 13.1 Å². The van der Waals surface area contributed by atoms with Crippen LogP contribution < -0.4 is 21.1 Å². The molecule has 7 nitrogen and oxygen atoms in total. The van der Waals surface area contributed by atoms with Gasteiger partial charge < -0.3 is 21.1 Å². The van der Waals surface area contributed by atoms with Gasteiger partial charge in [-0.05, 0) is 48.5 Å². The highest BCUT2D eigenvalue weighted by atomic mass is 32.1. The molecular weight excluding hydrogens is 410 g/mol. The highest BCUT2D eigenvalue weighted by Gasteiger charge is 2.12. The molecule has 8 heteroatoms. The second-order valence-corrected chi connectivity index (χ2v) is 7.75. The number of nitrogens with one attached hydrogen (secondary N) is 2. The fraction of sp³-hybridized carbons (Fsp3) is 0.0870. The van der Waals surface area contributed by atoms with Crippen LogP contribution in [0.4, 0.5) is 11.6 Å². The van der Waals surface area contributed by atoms with E-state index in [0.29, 0.717) is 24.5 Å². The topological polar surface area (TPSA) is 102 Å². The first-order valence-electron chi connectivity index (χ1n) is 9.67. The number of para-hydroxylation sites is 1. The van der Waals surface area contributed by atoms with Crippen LogP contribution in [-0.4, -0.2) is 15.9 Å². The van der Waals surface area contributed by atoms with Crippen molar-refractivity contribution in [2.24, 2.45) is 0 Å². The Hall–Kier alpha value is -3.91. The zero-order valence-corrected chi connectivity index (χ0v) is 17.4. The quantitative estimate of drug-likeness (QED) is 0.381. The SMILES string of the molecule is Nc1nc(NCc2ccccn2)ccc1C(=O)NCc1ccc(Oc2ccccc2)s1. The summed E-state index contributed by atoms with van der Waals surface area (Å²) in [5.74, 6) is 1.25. The van der Waals surface area contributed by atoms with E-state index >= 15 is 0 Å². The van der Waals surface area contributed by atoms with Crippen LogP contribution in [0, 0.1) is 0 Å². The fourth-order valence-corrected chi connectivity index (χ4v) is 3.64. The molecule has 4 aromatic rings. The van der Waals surface area contributed by atoms with Crippen LogP contribution in [0.25, 0.3) is 0 Å². The summed E-state index contributed by atoms with van der Waals surface area (Å²) in [6, 6.07) is 22.5. The molecule has 0 aliphatic rings. The van der Waals surface area contributed by atoms with Crippen molar-refractivity contribution in [1.29, 1.82) is 0 Å². The maximum atomic E-state index is 12.5. The van der Waals surface area contributed by atoms with Crippen LogP contribution in [0.3, 0.4) is 0 Å². The molecule has 31 heavy (non-hydrogen) atoms. The van der Waals surface area contributed by atoms with E-state index in [1.54, 1.807) is 18.3 Å². The number of pyridine rings is 2. The van der Waals surface area contributed by atoms with Crippen LogP contribution in [0.1, 0.15) is 20.9 Å². The Morgan fingerprint density at radius 3 is 2.58 bits per heavy atom. The summed E-state index contributed by atoms with van der Waals surface area (Å²) in [6.07, 6.45) is 1.73. The van der Waals surface area contributed by atoms with E-state index in [4.69, 9.17) is 10.5 Å². The Bertz CT molecular complexity index is 1150. The van der Waals surface area contributed by atoms with Gasteiger partial charge in [0.1, 0.15) is 17.4 Å². The summed E-state index contributed by atoms with van der Waals surface area (Å²) in [4.78, 5) is 22.0. The predicted octanol–water partition coefficient (Wildman–Crippen LogP) is 4.45. The number of aromatic nitrogens is 2. The number of rotatable bonds is 8. The molecule has 156 valence electrons. The van der Waals surface area contributed by atoms with Crippen molar-refractivity contribution in [3.63, 3.8) is 0 Å². The molecule has 0 saturated carbocycles. The molecule has 1 aromatic carbocycles. The van der Waals surface area contributed by atoms with E-state index in [2.05, 4.69) is 20.6 Å². The Kier molecular flexibility index (Phi) is 6.39. The number of hydrogen-bond acceptors (Lipinski definition) is 7. The van der Waals surface area contributed by atoms with Gasteiger partial charge in [0.2, 0.25) is 0 Å². The number of benzene rings is 1. The Labute approximate surface area is 183 Å². The third-order valence-electron chi connectivity index (χ3n) is 4.37. The second-order valence-electron chi connectivity index (χ2n) is 6.62. The van der Waals surface area contributed by atoms with Gasteiger partial charge in [-0.15, -0.1) is 11.3 Å². The summed E-state index contributed by atoms with van der Waals surface area (Å²) in [7, 11) is 0. The maximum absolute atomic E-state index is 12.5. The highest BCUT2D eigenvalue weighted by Crippen LogP contribution is 2.29. The van der Waals surface area contributed by atoms with E-state index in [1.165, 1.54) is 11.3 Å². The Morgan fingerprint density at radius 1 is 0.968 bits per heavy atom. The standard InChI is InChI=1S/C23H21N5O2S/c24-22-19(10-11-20(28-22)26-14-16-6-4-5-13-25-16)23(29)27-15-18-9-12-21(31-18)30-17-7-2-1-3-8-17/h1-13H,14-15H2,(H,27,29)(H3,24,26,28). The van der Waals surface area contributed by atoms with Gasteiger partial charge in [-0.2, -0.15) is 0 Å². The molecule has 1 amide bonds. The first-order valence-corrected chi connectivity index (χ1v) is 10.5. The molecule has 3 aromatic heterocycles. The predicted molar refractivity (Wildman–Crippen MR) is 122 cm³/mol. The third-order valence-corrected chi connectivity index (χ3v) is 5.33. The number of hydrogen-bond donors (Lipinski definition) is 3. The third kappa shape index (κ3) is 5.58. The highest BCUT2D eigenvalue weighted by molar-refractivity contribution is 7.13. The zero-order valence-electron chi connectivity index (χ0n) is 16.6. The fourth-order valence-electron chi connectivity index (χ4n) is 2.82. The normalized spacial score (nSPS) is 10.5. The number of nitrogen functional groups attached to an aromatic ring is 1. The molecule has 0 atom stereocenters. The van der Waals surface area contributed by atoms with Crippen LogP contribution in [0.15, 0.2) is 79.0 Å². The largest absolute Gasteiger partial charge is 0.447 e. The minimum Gasteiger partial charge on any atom is -0.447 e. The molecule has 0 saturated heterocycles. The van der Waals surface area contributed by atoms with Crippen LogP contribution in [0.2, 0.25) is 0 Å². The lowest BCUT2D eigenvalue weighted by molar-refractivity contribution is 0.0952. The zero-order chi connectivity index (χ0) is 21.5. The lowest BCUT2D eigenvalue weighted by atomic mass is 10.2. The van der Waals surface area contributed by atoms with Gasteiger partial charge in [-0.25, -0.2) is 4.98 Å². The van der Waals surface area contributed by atoms with E-state index in [-0.39, 0.29) is 11.7 Å². The summed E-state index contributed by atoms with van der Waals surface area (Å²) in [6.45, 7) is 0.894. The van der Waals surface area contributed by atoms with Gasteiger partial charge in [0.25, 0.3) is 5.91 Å². The van der Waals surface area contributed by atoms with E-state index < -0.39 is 0 Å². The average molecular weight is 432 g/mol. The molecule has 4 rings (SSSR count). The van der Waals surface area contributed by atoms with Gasteiger partial charge in [0, 0.05) is 11.1 Å². The number of thiophene rings is 1. The molecule has 3 heterocycles. The van der Waals surface area contributed by atoms with E-state index in [9.17, 15) is 4.79 Å². The molecule has 0 aliphatic carbocycles. The number of amides is 1. The van der Waals surface area contributed by atoms with Crippen molar-refractivity contribution in [3.05, 3.63) is 95.1 Å². The summed E-state index contributed by atoms with van der Waals surface area (Å²) in [5, 5.41) is 6.79.